The largest absolute Gasteiger partial charge is 0.378 e. The highest BCUT2D eigenvalue weighted by atomic mass is 19.1. The fraction of sp³-hybridized carbons (Fsp3) is 0.353. The van der Waals surface area contributed by atoms with Crippen LogP contribution in [0.3, 0.4) is 0 Å². The van der Waals surface area contributed by atoms with Crippen molar-refractivity contribution in [2.45, 2.75) is 32.6 Å². The van der Waals surface area contributed by atoms with E-state index >= 15 is 0 Å². The van der Waals surface area contributed by atoms with Gasteiger partial charge in [0.2, 0.25) is 5.95 Å². The van der Waals surface area contributed by atoms with E-state index in [4.69, 9.17) is 9.72 Å². The molecule has 7 heteroatoms. The van der Waals surface area contributed by atoms with Gasteiger partial charge in [-0.2, -0.15) is 0 Å². The summed E-state index contributed by atoms with van der Waals surface area (Å²) in [6.07, 6.45) is 6.26. The lowest BCUT2D eigenvalue weighted by Gasteiger charge is -2.31. The topological polar surface area (TPSA) is 53.5 Å². The lowest BCUT2D eigenvalue weighted by atomic mass is 9.95. The van der Waals surface area contributed by atoms with Crippen LogP contribution in [0.5, 0.6) is 0 Å². The zero-order valence-electron chi connectivity index (χ0n) is 23.8. The van der Waals surface area contributed by atoms with Crippen LogP contribution in [0.2, 0.25) is 0 Å². The van der Waals surface area contributed by atoms with Crippen LogP contribution < -0.4 is 15.1 Å². The summed E-state index contributed by atoms with van der Waals surface area (Å²) in [5.74, 6) is 1.38. The molecule has 0 saturated carbocycles. The lowest BCUT2D eigenvalue weighted by Crippen LogP contribution is -2.36. The van der Waals surface area contributed by atoms with Gasteiger partial charge in [-0.05, 0) is 60.0 Å². The summed E-state index contributed by atoms with van der Waals surface area (Å²) in [4.78, 5) is 14.0. The molecular weight excluding hydrogens is 513 g/mol. The van der Waals surface area contributed by atoms with Gasteiger partial charge in [0.1, 0.15) is 5.82 Å². The van der Waals surface area contributed by atoms with Crippen molar-refractivity contribution in [1.82, 2.24) is 9.97 Å². The number of rotatable bonds is 8. The molecule has 2 aliphatic rings. The van der Waals surface area contributed by atoms with Crippen molar-refractivity contribution in [3.05, 3.63) is 96.1 Å². The summed E-state index contributed by atoms with van der Waals surface area (Å²) >= 11 is 0. The Balaban J connectivity index is 1.22. The van der Waals surface area contributed by atoms with Crippen molar-refractivity contribution in [2.24, 2.45) is 5.92 Å². The first-order chi connectivity index (χ1) is 20.1. The highest BCUT2D eigenvalue weighted by Crippen LogP contribution is 2.32. The molecule has 212 valence electrons. The molecule has 3 heterocycles. The predicted octanol–water partition coefficient (Wildman–Crippen LogP) is 6.91. The zero-order chi connectivity index (χ0) is 28.2. The molecule has 0 atom stereocenters. The van der Waals surface area contributed by atoms with Crippen molar-refractivity contribution in [3.8, 4) is 0 Å². The molecule has 0 radical (unpaired) electrons. The quantitative estimate of drug-likeness (QED) is 0.257. The number of halogens is 1. The van der Waals surface area contributed by atoms with E-state index in [0.29, 0.717) is 18.9 Å². The van der Waals surface area contributed by atoms with Gasteiger partial charge in [0.05, 0.1) is 18.9 Å². The van der Waals surface area contributed by atoms with E-state index in [1.807, 2.05) is 24.4 Å². The van der Waals surface area contributed by atoms with Crippen molar-refractivity contribution in [3.63, 3.8) is 0 Å². The van der Waals surface area contributed by atoms with Crippen molar-refractivity contribution in [1.29, 1.82) is 0 Å². The van der Waals surface area contributed by atoms with Gasteiger partial charge in [-0.3, -0.25) is 0 Å². The maximum Gasteiger partial charge on any atom is 0.225 e. The number of fused-ring (bicyclic) bond motifs is 1. The number of piperidine rings is 1. The summed E-state index contributed by atoms with van der Waals surface area (Å²) in [6, 6.07) is 19.7. The molecule has 0 unspecified atom stereocenters. The summed E-state index contributed by atoms with van der Waals surface area (Å²) in [5, 5.41) is 5.72. The molecule has 4 aromatic rings. The van der Waals surface area contributed by atoms with Gasteiger partial charge in [-0.1, -0.05) is 50.3 Å². The average Bonchev–Trinajstić information content (AvgIpc) is 3.02. The Kier molecular flexibility index (Phi) is 8.14. The van der Waals surface area contributed by atoms with Gasteiger partial charge in [0, 0.05) is 66.8 Å². The van der Waals surface area contributed by atoms with E-state index < -0.39 is 0 Å². The Labute approximate surface area is 241 Å². The summed E-state index contributed by atoms with van der Waals surface area (Å²) in [5.41, 5.74) is 5.39. The highest BCUT2D eigenvalue weighted by Gasteiger charge is 2.20. The number of nitrogens with zero attached hydrogens (tertiary/aromatic N) is 4. The van der Waals surface area contributed by atoms with Crippen molar-refractivity contribution in [2.75, 3.05) is 54.5 Å². The number of aromatic nitrogens is 2. The Morgan fingerprint density at radius 3 is 2.54 bits per heavy atom. The molecule has 1 aromatic heterocycles. The van der Waals surface area contributed by atoms with E-state index in [-0.39, 0.29) is 5.82 Å². The number of ether oxygens (including phenoxy) is 1. The third-order valence-corrected chi connectivity index (χ3v) is 8.45. The minimum Gasteiger partial charge on any atom is -0.378 e. The summed E-state index contributed by atoms with van der Waals surface area (Å²) < 4.78 is 20.1. The Hall–Kier alpha value is -3.97. The maximum absolute atomic E-state index is 14.6. The van der Waals surface area contributed by atoms with Crippen molar-refractivity contribution < 1.29 is 9.13 Å². The van der Waals surface area contributed by atoms with Crippen LogP contribution in [0.1, 0.15) is 43.0 Å². The predicted molar refractivity (Wildman–Crippen MR) is 166 cm³/mol. The van der Waals surface area contributed by atoms with Crippen LogP contribution in [0.4, 0.5) is 21.7 Å². The van der Waals surface area contributed by atoms with Crippen LogP contribution >= 0.6 is 0 Å². The Morgan fingerprint density at radius 1 is 0.976 bits per heavy atom. The fourth-order valence-electron chi connectivity index (χ4n) is 5.98. The molecule has 2 fully saturated rings. The molecule has 6 rings (SSSR count). The third kappa shape index (κ3) is 6.20. The molecule has 6 nitrogen and oxygen atoms in total. The van der Waals surface area contributed by atoms with E-state index in [1.165, 1.54) is 30.9 Å². The van der Waals surface area contributed by atoms with E-state index in [0.717, 1.165) is 77.9 Å². The fourth-order valence-corrected chi connectivity index (χ4v) is 5.98. The van der Waals surface area contributed by atoms with Crippen LogP contribution in [0, 0.1) is 11.7 Å². The van der Waals surface area contributed by atoms with Gasteiger partial charge >= 0.3 is 0 Å². The smallest absolute Gasteiger partial charge is 0.225 e. The standard InChI is InChI=1S/C34H38FN5O/c1-3-25-11-14-40(15-12-25)34-36-13-10-29(38-34)21-26-8-9-33(32-7-5-4-6-31(26)32)37-24(2)27-20-28(35)23-30(22-27)39-16-18-41-19-17-39/h4-10,13,20,22-23,25,37H,2-3,11-12,14-19,21H2,1H3. The third-order valence-electron chi connectivity index (χ3n) is 8.45. The molecular formula is C34H38FN5O. The van der Waals surface area contributed by atoms with Crippen LogP contribution in [-0.4, -0.2) is 49.4 Å². The number of hydrogen-bond donors (Lipinski definition) is 1. The first-order valence-electron chi connectivity index (χ1n) is 14.7. The van der Waals surface area contributed by atoms with Crippen LogP contribution in [0.25, 0.3) is 16.5 Å². The molecule has 3 aromatic carbocycles. The van der Waals surface area contributed by atoms with Gasteiger partial charge < -0.3 is 19.9 Å². The second kappa shape index (κ2) is 12.3. The monoisotopic (exact) mass is 551 g/mol. The Morgan fingerprint density at radius 2 is 1.76 bits per heavy atom. The minimum atomic E-state index is -0.272. The minimum absolute atomic E-state index is 0.272. The number of anilines is 3. The van der Waals surface area contributed by atoms with Gasteiger partial charge in [0.25, 0.3) is 0 Å². The molecule has 0 spiro atoms. The highest BCUT2D eigenvalue weighted by molar-refractivity contribution is 5.99. The second-order valence-electron chi connectivity index (χ2n) is 11.1. The van der Waals surface area contributed by atoms with Crippen LogP contribution in [0.15, 0.2) is 73.4 Å². The lowest BCUT2D eigenvalue weighted by molar-refractivity contribution is 0.122. The molecule has 1 N–H and O–H groups in total. The number of benzene rings is 3. The van der Waals surface area contributed by atoms with Gasteiger partial charge in [0.15, 0.2) is 0 Å². The average molecular weight is 552 g/mol. The first-order valence-corrected chi connectivity index (χ1v) is 14.7. The first kappa shape index (κ1) is 27.2. The zero-order valence-corrected chi connectivity index (χ0v) is 23.8. The van der Waals surface area contributed by atoms with Gasteiger partial charge in [-0.15, -0.1) is 0 Å². The number of hydrogen-bond acceptors (Lipinski definition) is 6. The maximum atomic E-state index is 14.6. The summed E-state index contributed by atoms with van der Waals surface area (Å²) in [7, 11) is 0. The molecule has 0 amide bonds. The summed E-state index contributed by atoms with van der Waals surface area (Å²) in [6.45, 7) is 11.4. The van der Waals surface area contributed by atoms with E-state index in [2.05, 4.69) is 63.9 Å². The van der Waals surface area contributed by atoms with Crippen molar-refractivity contribution >= 4 is 33.8 Å². The second-order valence-corrected chi connectivity index (χ2v) is 11.1. The molecule has 0 aliphatic carbocycles. The van der Waals surface area contributed by atoms with Gasteiger partial charge in [-0.25, -0.2) is 14.4 Å². The molecule has 2 aliphatic heterocycles. The molecule has 2 saturated heterocycles. The Bertz CT molecular complexity index is 1530. The molecule has 41 heavy (non-hydrogen) atoms. The normalized spacial score (nSPS) is 16.2. The molecule has 0 bridgehead atoms. The van der Waals surface area contributed by atoms with E-state index in [1.54, 1.807) is 6.07 Å². The van der Waals surface area contributed by atoms with E-state index in [9.17, 15) is 4.39 Å². The van der Waals surface area contributed by atoms with Crippen LogP contribution in [-0.2, 0) is 11.2 Å². The number of nitrogens with one attached hydrogen (secondary N) is 1. The number of morpholine rings is 1. The SMILES string of the molecule is C=C(Nc1ccc(Cc2ccnc(N3CCC(CC)CC3)n2)c2ccccc12)c1cc(F)cc(N2CCOCC2)c1.